The van der Waals surface area contributed by atoms with Crippen molar-refractivity contribution in [3.63, 3.8) is 0 Å². The highest BCUT2D eigenvalue weighted by atomic mass is 16.5. The average Bonchev–Trinajstić information content (AvgIpc) is 2.60. The summed E-state index contributed by atoms with van der Waals surface area (Å²) in [7, 11) is 2.86. The zero-order valence-corrected chi connectivity index (χ0v) is 14.8. The summed E-state index contributed by atoms with van der Waals surface area (Å²) in [6.45, 7) is 4.15. The summed E-state index contributed by atoms with van der Waals surface area (Å²) in [5, 5.41) is 3.87. The molecule has 132 valence electrons. The molecule has 0 radical (unpaired) electrons. The maximum absolute atomic E-state index is 12.4. The molecular weight excluding hydrogens is 322 g/mol. The molecule has 0 bridgehead atoms. The zero-order chi connectivity index (χ0) is 18.6. The van der Waals surface area contributed by atoms with Crippen molar-refractivity contribution in [3.05, 3.63) is 45.4 Å². The van der Waals surface area contributed by atoms with Crippen molar-refractivity contribution >= 4 is 11.6 Å². The Balaban J connectivity index is 2.70. The fourth-order valence-electron chi connectivity index (χ4n) is 2.92. The Hall–Kier alpha value is -2.79. The van der Waals surface area contributed by atoms with Gasteiger partial charge in [-0.15, -0.1) is 0 Å². The van der Waals surface area contributed by atoms with Gasteiger partial charge in [0.2, 0.25) is 0 Å². The van der Waals surface area contributed by atoms with Gasteiger partial charge in [0.05, 0.1) is 31.4 Å². The molecule has 1 aromatic carbocycles. The Morgan fingerprint density at radius 3 is 2.24 bits per heavy atom. The maximum atomic E-state index is 12.4. The molecule has 0 amide bonds. The zero-order valence-electron chi connectivity index (χ0n) is 14.8. The standard InChI is InChI=1S/C18H21N3O4/c1-10(2)5-6-12(20-21-19)11-9-15(24-3)16-13(22)7-8-14(23)17(16)18(11)25-4/h7-10,12H,5-6H2,1-4H3. The summed E-state index contributed by atoms with van der Waals surface area (Å²) >= 11 is 0. The molecule has 25 heavy (non-hydrogen) atoms. The van der Waals surface area contributed by atoms with E-state index >= 15 is 0 Å². The van der Waals surface area contributed by atoms with Crippen LogP contribution in [0.25, 0.3) is 10.4 Å². The molecule has 0 fully saturated rings. The van der Waals surface area contributed by atoms with Crippen molar-refractivity contribution in [2.75, 3.05) is 14.2 Å². The largest absolute Gasteiger partial charge is 0.496 e. The van der Waals surface area contributed by atoms with Crippen LogP contribution in [-0.4, -0.2) is 25.8 Å². The van der Waals surface area contributed by atoms with Crippen LogP contribution in [0.4, 0.5) is 0 Å². The van der Waals surface area contributed by atoms with Crippen LogP contribution < -0.4 is 9.47 Å². The Labute approximate surface area is 146 Å². The smallest absolute Gasteiger partial charge is 0.190 e. The second-order valence-corrected chi connectivity index (χ2v) is 6.21. The van der Waals surface area contributed by atoms with E-state index in [4.69, 9.17) is 15.0 Å². The molecule has 7 heteroatoms. The number of ketones is 2. The van der Waals surface area contributed by atoms with Crippen LogP contribution in [0, 0.1) is 5.92 Å². The molecule has 2 rings (SSSR count). The number of nitrogens with zero attached hydrogens (tertiary/aromatic N) is 3. The third-order valence-corrected chi connectivity index (χ3v) is 4.14. The quantitative estimate of drug-likeness (QED) is 0.415. The topological polar surface area (TPSA) is 101 Å². The number of hydrogen-bond donors (Lipinski definition) is 0. The molecule has 7 nitrogen and oxygen atoms in total. The van der Waals surface area contributed by atoms with Gasteiger partial charge in [-0.2, -0.15) is 0 Å². The second kappa shape index (κ2) is 7.85. The lowest BCUT2D eigenvalue weighted by Gasteiger charge is -2.23. The SMILES string of the molecule is COc1cc(C(CCC(C)C)N=[N+]=[N-])c(OC)c2c1C(=O)C=CC2=O. The summed E-state index contributed by atoms with van der Waals surface area (Å²) in [5.74, 6) is 0.304. The van der Waals surface area contributed by atoms with Crippen LogP contribution in [0.5, 0.6) is 11.5 Å². The summed E-state index contributed by atoms with van der Waals surface area (Å²) in [6.07, 6.45) is 3.86. The summed E-state index contributed by atoms with van der Waals surface area (Å²) in [4.78, 5) is 27.6. The third kappa shape index (κ3) is 3.67. The van der Waals surface area contributed by atoms with Crippen LogP contribution in [0.1, 0.15) is 59.0 Å². The highest BCUT2D eigenvalue weighted by Crippen LogP contribution is 2.42. The Kier molecular flexibility index (Phi) is 5.83. The van der Waals surface area contributed by atoms with Crippen molar-refractivity contribution < 1.29 is 19.1 Å². The van der Waals surface area contributed by atoms with Crippen molar-refractivity contribution in [2.45, 2.75) is 32.7 Å². The number of carbonyl (C=O) groups excluding carboxylic acids is 2. The number of benzene rings is 1. The number of carbonyl (C=O) groups is 2. The van der Waals surface area contributed by atoms with E-state index in [2.05, 4.69) is 23.9 Å². The molecule has 0 aliphatic heterocycles. The minimum Gasteiger partial charge on any atom is -0.496 e. The third-order valence-electron chi connectivity index (χ3n) is 4.14. The minimum atomic E-state index is -0.518. The molecule has 0 saturated carbocycles. The van der Waals surface area contributed by atoms with Gasteiger partial charge in [-0.25, -0.2) is 0 Å². The van der Waals surface area contributed by atoms with Crippen LogP contribution in [0.2, 0.25) is 0 Å². The number of allylic oxidation sites excluding steroid dienone is 2. The molecule has 0 saturated heterocycles. The first-order valence-corrected chi connectivity index (χ1v) is 8.04. The maximum Gasteiger partial charge on any atom is 0.190 e. The van der Waals surface area contributed by atoms with Gasteiger partial charge < -0.3 is 9.47 Å². The Morgan fingerprint density at radius 2 is 1.72 bits per heavy atom. The van der Waals surface area contributed by atoms with Gasteiger partial charge in [0.25, 0.3) is 0 Å². The predicted molar refractivity (Wildman–Crippen MR) is 93.3 cm³/mol. The van der Waals surface area contributed by atoms with E-state index in [0.29, 0.717) is 17.9 Å². The number of rotatable bonds is 7. The van der Waals surface area contributed by atoms with Gasteiger partial charge in [0.1, 0.15) is 11.5 Å². The molecule has 1 aliphatic carbocycles. The van der Waals surface area contributed by atoms with Gasteiger partial charge in [-0.3, -0.25) is 9.59 Å². The lowest BCUT2D eigenvalue weighted by atomic mass is 9.87. The fraction of sp³-hybridized carbons (Fsp3) is 0.444. The molecule has 0 N–H and O–H groups in total. The van der Waals surface area contributed by atoms with Crippen molar-refractivity contribution in [2.24, 2.45) is 11.0 Å². The highest BCUT2D eigenvalue weighted by molar-refractivity contribution is 6.24. The molecule has 1 aromatic rings. The first-order valence-electron chi connectivity index (χ1n) is 8.04. The monoisotopic (exact) mass is 343 g/mol. The average molecular weight is 343 g/mol. The number of azide groups is 1. The number of fused-ring (bicyclic) bond motifs is 1. The highest BCUT2D eigenvalue weighted by Gasteiger charge is 2.31. The first-order chi connectivity index (χ1) is 11.9. The molecule has 0 aromatic heterocycles. The number of methoxy groups -OCH3 is 2. The Morgan fingerprint density at radius 1 is 1.08 bits per heavy atom. The molecule has 1 unspecified atom stereocenters. The molecule has 1 atom stereocenters. The van der Waals surface area contributed by atoms with Crippen LogP contribution in [0.3, 0.4) is 0 Å². The van der Waals surface area contributed by atoms with Gasteiger partial charge in [0.15, 0.2) is 11.6 Å². The van der Waals surface area contributed by atoms with Crippen molar-refractivity contribution in [1.82, 2.24) is 0 Å². The number of ether oxygens (including phenoxy) is 2. The predicted octanol–water partition coefficient (Wildman–Crippen LogP) is 4.43. The van der Waals surface area contributed by atoms with Crippen molar-refractivity contribution in [1.29, 1.82) is 0 Å². The van der Waals surface area contributed by atoms with E-state index in [1.165, 1.54) is 26.4 Å². The summed E-state index contributed by atoms with van der Waals surface area (Å²) in [5.41, 5.74) is 9.83. The normalized spacial score (nSPS) is 14.1. The molecule has 0 heterocycles. The van der Waals surface area contributed by atoms with Gasteiger partial charge in [0, 0.05) is 10.5 Å². The van der Waals surface area contributed by atoms with E-state index in [-0.39, 0.29) is 34.2 Å². The number of hydrogen-bond acceptors (Lipinski definition) is 5. The summed E-state index contributed by atoms with van der Waals surface area (Å²) < 4.78 is 10.8. The van der Waals surface area contributed by atoms with Gasteiger partial charge in [-0.05, 0) is 36.1 Å². The molecule has 0 spiro atoms. The van der Waals surface area contributed by atoms with Crippen LogP contribution in [0.15, 0.2) is 23.3 Å². The lowest BCUT2D eigenvalue weighted by molar-refractivity contribution is 0.0988. The Bertz CT molecular complexity index is 777. The lowest BCUT2D eigenvalue weighted by Crippen LogP contribution is -2.17. The minimum absolute atomic E-state index is 0.159. The van der Waals surface area contributed by atoms with Crippen LogP contribution >= 0.6 is 0 Å². The van der Waals surface area contributed by atoms with Gasteiger partial charge in [-0.1, -0.05) is 25.4 Å². The van der Waals surface area contributed by atoms with Crippen molar-refractivity contribution in [3.8, 4) is 11.5 Å². The van der Waals surface area contributed by atoms with E-state index in [1.807, 2.05) is 0 Å². The fourth-order valence-corrected chi connectivity index (χ4v) is 2.92. The van der Waals surface area contributed by atoms with E-state index < -0.39 is 6.04 Å². The van der Waals surface area contributed by atoms with Crippen LogP contribution in [-0.2, 0) is 0 Å². The molecular formula is C18H21N3O4. The van der Waals surface area contributed by atoms with E-state index in [1.54, 1.807) is 6.07 Å². The van der Waals surface area contributed by atoms with E-state index in [0.717, 1.165) is 6.42 Å². The summed E-state index contributed by atoms with van der Waals surface area (Å²) in [6, 6.07) is 1.11. The molecule has 1 aliphatic rings. The van der Waals surface area contributed by atoms with E-state index in [9.17, 15) is 9.59 Å². The second-order valence-electron chi connectivity index (χ2n) is 6.21. The first kappa shape index (κ1) is 18.5. The van der Waals surface area contributed by atoms with Gasteiger partial charge >= 0.3 is 0 Å².